The van der Waals surface area contributed by atoms with Crippen LogP contribution in [0, 0.1) is 5.82 Å². The Kier molecular flexibility index (Phi) is 6.55. The van der Waals surface area contributed by atoms with E-state index in [1.165, 1.54) is 12.1 Å². The number of carbonyl (C=O) groups excluding carboxylic acids is 1. The number of ether oxygens (including phenoxy) is 1. The van der Waals surface area contributed by atoms with Gasteiger partial charge in [-0.2, -0.15) is 5.10 Å². The first kappa shape index (κ1) is 21.2. The number of nitrogens with one attached hydrogen (secondary N) is 1. The molecule has 2 aromatic carbocycles. The molecule has 6 nitrogen and oxygen atoms in total. The van der Waals surface area contributed by atoms with E-state index in [1.807, 2.05) is 36.4 Å². The molecule has 0 radical (unpaired) electrons. The van der Waals surface area contributed by atoms with Crippen molar-refractivity contribution in [3.63, 3.8) is 0 Å². The highest BCUT2D eigenvalue weighted by Gasteiger charge is 2.18. The van der Waals surface area contributed by atoms with Crippen molar-refractivity contribution in [3.05, 3.63) is 96.1 Å². The van der Waals surface area contributed by atoms with Gasteiger partial charge in [0.25, 0.3) is 5.91 Å². The summed E-state index contributed by atoms with van der Waals surface area (Å²) in [5.41, 5.74) is 2.99. The van der Waals surface area contributed by atoms with Crippen LogP contribution in [0.5, 0.6) is 11.6 Å². The fourth-order valence-corrected chi connectivity index (χ4v) is 3.31. The third-order valence-electron chi connectivity index (χ3n) is 5.02. The number of pyridine rings is 1. The molecular weight excluding hydrogens is 407 g/mol. The number of benzene rings is 2. The van der Waals surface area contributed by atoms with Crippen LogP contribution in [0.4, 0.5) is 4.39 Å². The largest absolute Gasteiger partial charge is 0.438 e. The smallest absolute Gasteiger partial charge is 0.259 e. The number of para-hydroxylation sites is 1. The molecule has 0 aliphatic rings. The molecule has 0 saturated carbocycles. The van der Waals surface area contributed by atoms with E-state index >= 15 is 0 Å². The zero-order chi connectivity index (χ0) is 22.3. The van der Waals surface area contributed by atoms with E-state index < -0.39 is 0 Å². The average molecular weight is 430 g/mol. The maximum atomic E-state index is 13.1. The van der Waals surface area contributed by atoms with Crippen LogP contribution in [0.3, 0.4) is 0 Å². The van der Waals surface area contributed by atoms with Crippen LogP contribution in [0.1, 0.15) is 22.5 Å². The number of hydrogen-bond acceptors (Lipinski definition) is 4. The van der Waals surface area contributed by atoms with Crippen LogP contribution in [-0.2, 0) is 6.42 Å². The Morgan fingerprint density at radius 3 is 2.62 bits per heavy atom. The summed E-state index contributed by atoms with van der Waals surface area (Å²) < 4.78 is 18.9. The quantitative estimate of drug-likeness (QED) is 0.422. The summed E-state index contributed by atoms with van der Waals surface area (Å²) in [5, 5.41) is 7.31. The van der Waals surface area contributed by atoms with Gasteiger partial charge in [-0.1, -0.05) is 18.2 Å². The summed E-state index contributed by atoms with van der Waals surface area (Å²) >= 11 is 0. The molecule has 0 aliphatic carbocycles. The van der Waals surface area contributed by atoms with Gasteiger partial charge in [-0.3, -0.25) is 9.89 Å². The number of amides is 1. The van der Waals surface area contributed by atoms with E-state index in [4.69, 9.17) is 4.74 Å². The van der Waals surface area contributed by atoms with Crippen LogP contribution in [0.15, 0.2) is 79.0 Å². The van der Waals surface area contributed by atoms with Crippen molar-refractivity contribution >= 4 is 5.91 Å². The predicted octanol–water partition coefficient (Wildman–Crippen LogP) is 5.11. The molecule has 0 saturated heterocycles. The molecule has 2 heterocycles. The van der Waals surface area contributed by atoms with Gasteiger partial charge in [0.2, 0.25) is 5.88 Å². The summed E-state index contributed by atoms with van der Waals surface area (Å²) in [4.78, 5) is 18.9. The molecule has 0 unspecified atom stereocenters. The molecule has 0 spiro atoms. The normalized spacial score (nSPS) is 10.7. The van der Waals surface area contributed by atoms with Crippen molar-refractivity contribution in [2.75, 3.05) is 13.6 Å². The minimum atomic E-state index is -0.275. The maximum absolute atomic E-state index is 13.1. The predicted molar refractivity (Wildman–Crippen MR) is 120 cm³/mol. The second-order valence-electron chi connectivity index (χ2n) is 7.39. The zero-order valence-corrected chi connectivity index (χ0v) is 17.7. The molecule has 7 heteroatoms. The molecule has 0 bridgehead atoms. The number of carbonyl (C=O) groups is 1. The Morgan fingerprint density at radius 1 is 1.06 bits per heavy atom. The fraction of sp³-hybridized carbons (Fsp3) is 0.160. The van der Waals surface area contributed by atoms with E-state index in [0.29, 0.717) is 17.9 Å². The second kappa shape index (κ2) is 9.87. The van der Waals surface area contributed by atoms with E-state index in [1.54, 1.807) is 42.4 Å². The van der Waals surface area contributed by atoms with Gasteiger partial charge < -0.3 is 9.64 Å². The molecule has 0 atom stereocenters. The highest BCUT2D eigenvalue weighted by molar-refractivity contribution is 5.96. The van der Waals surface area contributed by atoms with Crippen LogP contribution in [0.25, 0.3) is 11.3 Å². The lowest BCUT2D eigenvalue weighted by Gasteiger charge is -2.18. The first-order chi connectivity index (χ1) is 15.6. The van der Waals surface area contributed by atoms with Crippen molar-refractivity contribution in [3.8, 4) is 22.9 Å². The van der Waals surface area contributed by atoms with Gasteiger partial charge in [-0.15, -0.1) is 0 Å². The lowest BCUT2D eigenvalue weighted by atomic mass is 10.1. The Labute approximate surface area is 185 Å². The van der Waals surface area contributed by atoms with Gasteiger partial charge >= 0.3 is 0 Å². The summed E-state index contributed by atoms with van der Waals surface area (Å²) in [5.74, 6) is 0.482. The number of H-pyrrole nitrogens is 1. The third kappa shape index (κ3) is 5.18. The molecule has 1 amide bonds. The first-order valence-corrected chi connectivity index (χ1v) is 10.3. The highest BCUT2D eigenvalue weighted by atomic mass is 19.1. The summed E-state index contributed by atoms with van der Waals surface area (Å²) in [6.45, 7) is 0.559. The third-order valence-corrected chi connectivity index (χ3v) is 5.02. The van der Waals surface area contributed by atoms with Gasteiger partial charge in [-0.05, 0) is 67.4 Å². The Morgan fingerprint density at radius 2 is 1.84 bits per heavy atom. The second-order valence-corrected chi connectivity index (χ2v) is 7.39. The highest BCUT2D eigenvalue weighted by Crippen LogP contribution is 2.24. The first-order valence-electron chi connectivity index (χ1n) is 10.3. The monoisotopic (exact) mass is 430 g/mol. The maximum Gasteiger partial charge on any atom is 0.259 e. The molecule has 1 N–H and O–H groups in total. The Bertz CT molecular complexity index is 1180. The molecule has 0 fully saturated rings. The van der Waals surface area contributed by atoms with E-state index in [0.717, 1.165) is 29.8 Å². The number of aryl methyl sites for hydroxylation is 1. The average Bonchev–Trinajstić information content (AvgIpc) is 3.29. The van der Waals surface area contributed by atoms with Crippen molar-refractivity contribution in [1.29, 1.82) is 0 Å². The summed E-state index contributed by atoms with van der Waals surface area (Å²) in [6.07, 6.45) is 3.08. The van der Waals surface area contributed by atoms with Crippen molar-refractivity contribution < 1.29 is 13.9 Å². The number of aromatic amines is 1. The molecule has 32 heavy (non-hydrogen) atoms. The van der Waals surface area contributed by atoms with Gasteiger partial charge in [0.1, 0.15) is 17.1 Å². The molecule has 2 aromatic heterocycles. The number of nitrogens with zero attached hydrogens (tertiary/aromatic N) is 3. The lowest BCUT2D eigenvalue weighted by molar-refractivity contribution is 0.0790. The number of aromatic nitrogens is 3. The van der Waals surface area contributed by atoms with E-state index in [2.05, 4.69) is 15.2 Å². The van der Waals surface area contributed by atoms with Gasteiger partial charge in [0.05, 0.1) is 5.69 Å². The molecular formula is C25H23FN4O2. The summed E-state index contributed by atoms with van der Waals surface area (Å²) in [6, 6.07) is 20.9. The number of rotatable bonds is 8. The lowest BCUT2D eigenvalue weighted by Crippen LogP contribution is -2.28. The number of hydrogen-bond donors (Lipinski definition) is 1. The topological polar surface area (TPSA) is 71.1 Å². The van der Waals surface area contributed by atoms with Crippen LogP contribution >= 0.6 is 0 Å². The van der Waals surface area contributed by atoms with E-state index in [9.17, 15) is 9.18 Å². The molecule has 0 aliphatic heterocycles. The zero-order valence-electron chi connectivity index (χ0n) is 17.7. The van der Waals surface area contributed by atoms with Gasteiger partial charge in [0.15, 0.2) is 0 Å². The van der Waals surface area contributed by atoms with Crippen LogP contribution < -0.4 is 4.74 Å². The molecule has 162 valence electrons. The number of halogens is 1. The minimum Gasteiger partial charge on any atom is -0.438 e. The SMILES string of the molecule is CN(CCCc1cc(-c2ccc(F)cc2)n[nH]1)C(=O)c1cccnc1Oc1ccccc1. The Balaban J connectivity index is 1.34. The van der Waals surface area contributed by atoms with Gasteiger partial charge in [0, 0.05) is 31.0 Å². The van der Waals surface area contributed by atoms with Crippen LogP contribution in [-0.4, -0.2) is 39.6 Å². The fourth-order valence-electron chi connectivity index (χ4n) is 3.31. The standard InChI is InChI=1S/C25H23FN4O2/c1-30(16-6-7-20-17-23(29-28-20)18-11-13-19(26)14-12-18)25(31)22-10-5-15-27-24(22)32-21-8-3-2-4-9-21/h2-5,8-15,17H,6-7,16H2,1H3,(H,28,29). The van der Waals surface area contributed by atoms with Gasteiger partial charge in [-0.25, -0.2) is 9.37 Å². The molecule has 4 rings (SSSR count). The minimum absolute atomic E-state index is 0.152. The van der Waals surface area contributed by atoms with Crippen molar-refractivity contribution in [1.82, 2.24) is 20.1 Å². The van der Waals surface area contributed by atoms with E-state index in [-0.39, 0.29) is 17.6 Å². The van der Waals surface area contributed by atoms with Crippen molar-refractivity contribution in [2.24, 2.45) is 0 Å². The molecule has 4 aromatic rings. The van der Waals surface area contributed by atoms with Crippen molar-refractivity contribution in [2.45, 2.75) is 12.8 Å². The van der Waals surface area contributed by atoms with Crippen LogP contribution in [0.2, 0.25) is 0 Å². The summed E-state index contributed by atoms with van der Waals surface area (Å²) in [7, 11) is 1.76. The Hall–Kier alpha value is -4.00.